The maximum absolute atomic E-state index is 15.3. The number of nitrogens with one attached hydrogen (secondary N) is 2. The number of halogens is 2. The number of hydrogen-bond acceptors (Lipinski definition) is 4. The molecule has 1 saturated carbocycles. The van der Waals surface area contributed by atoms with Crippen LogP contribution in [-0.4, -0.2) is 63.7 Å². The van der Waals surface area contributed by atoms with Gasteiger partial charge in [-0.1, -0.05) is 6.07 Å². The number of alkyl halides is 1. The zero-order valence-electron chi connectivity index (χ0n) is 23.4. The fraction of sp³-hybridized carbons (Fsp3) is 0.500. The van der Waals surface area contributed by atoms with Gasteiger partial charge < -0.3 is 20.1 Å². The molecule has 0 bridgehead atoms. The van der Waals surface area contributed by atoms with Crippen LogP contribution in [0.3, 0.4) is 0 Å². The molecule has 1 amide bonds. The highest BCUT2D eigenvalue weighted by atomic mass is 19.1. The Bertz CT molecular complexity index is 1560. The monoisotopic (exact) mass is 560 g/mol. The Labute approximate surface area is 238 Å². The van der Waals surface area contributed by atoms with Crippen molar-refractivity contribution >= 4 is 22.7 Å². The minimum Gasteiger partial charge on any atom is -0.352 e. The van der Waals surface area contributed by atoms with E-state index in [1.165, 1.54) is 12.8 Å². The summed E-state index contributed by atoms with van der Waals surface area (Å²) in [6, 6.07) is 11.5. The lowest BCUT2D eigenvalue weighted by Gasteiger charge is -2.28. The zero-order chi connectivity index (χ0) is 27.9. The largest absolute Gasteiger partial charge is 0.352 e. The molecule has 1 aliphatic carbocycles. The third kappa shape index (κ3) is 5.49. The molecule has 216 valence electrons. The molecule has 2 saturated heterocycles. The maximum Gasteiger partial charge on any atom is 0.251 e. The summed E-state index contributed by atoms with van der Waals surface area (Å²) in [5.41, 5.74) is 4.66. The molecule has 3 fully saturated rings. The lowest BCUT2D eigenvalue weighted by Crippen LogP contribution is -2.36. The first-order valence-corrected chi connectivity index (χ1v) is 15.2. The van der Waals surface area contributed by atoms with E-state index in [0.29, 0.717) is 42.1 Å². The van der Waals surface area contributed by atoms with Crippen LogP contribution in [0.2, 0.25) is 0 Å². The van der Waals surface area contributed by atoms with E-state index in [0.717, 1.165) is 74.4 Å². The van der Waals surface area contributed by atoms with Gasteiger partial charge in [-0.15, -0.1) is 0 Å². The van der Waals surface area contributed by atoms with Crippen molar-refractivity contribution in [2.45, 2.75) is 63.7 Å². The minimum atomic E-state index is -0.666. The van der Waals surface area contributed by atoms with E-state index in [-0.39, 0.29) is 17.8 Å². The Kier molecular flexibility index (Phi) is 7.25. The van der Waals surface area contributed by atoms with Crippen LogP contribution >= 0.6 is 0 Å². The third-order valence-electron chi connectivity index (χ3n) is 9.04. The van der Waals surface area contributed by atoms with E-state index in [2.05, 4.69) is 20.1 Å². The predicted octanol–water partition coefficient (Wildman–Crippen LogP) is 5.48. The lowest BCUT2D eigenvalue weighted by atomic mass is 10.0. The highest BCUT2D eigenvalue weighted by molar-refractivity contribution is 5.98. The summed E-state index contributed by atoms with van der Waals surface area (Å²) >= 11 is 0. The Morgan fingerprint density at radius 2 is 1.90 bits per heavy atom. The van der Waals surface area contributed by atoms with E-state index in [1.54, 1.807) is 6.07 Å². The number of hydrogen-bond donors (Lipinski definition) is 2. The summed E-state index contributed by atoms with van der Waals surface area (Å²) < 4.78 is 32.9. The number of imidazole rings is 2. The zero-order valence-corrected chi connectivity index (χ0v) is 23.4. The Hall–Kier alpha value is -3.30. The first-order valence-electron chi connectivity index (χ1n) is 15.2. The standard InChI is InChI=1S/C32H38F2N6O/c33-24-10-15-38(16-11-24)14-2-13-36-31(41)23-7-9-29-30(18-23)39(19-21-4-5-21)32-37-28(20-40(29)32)25-8-6-22(17-26(25)34)27-3-1-12-35-27/h6-9,17-18,20-21,24,27,35H,1-5,10-16,19H2,(H,36,41). The lowest BCUT2D eigenvalue weighted by molar-refractivity contribution is 0.0950. The van der Waals surface area contributed by atoms with Crippen LogP contribution < -0.4 is 10.6 Å². The number of nitrogens with zero attached hydrogens (tertiary/aromatic N) is 4. The Morgan fingerprint density at radius 1 is 1.05 bits per heavy atom. The first kappa shape index (κ1) is 26.6. The van der Waals surface area contributed by atoms with Gasteiger partial charge in [0.25, 0.3) is 5.91 Å². The number of carbonyl (C=O) groups excluding carboxylic acids is 1. The number of amides is 1. The second-order valence-electron chi connectivity index (χ2n) is 12.1. The first-order chi connectivity index (χ1) is 20.0. The fourth-order valence-corrected chi connectivity index (χ4v) is 6.46. The second-order valence-corrected chi connectivity index (χ2v) is 12.1. The van der Waals surface area contributed by atoms with E-state index < -0.39 is 6.17 Å². The van der Waals surface area contributed by atoms with Crippen LogP contribution in [0, 0.1) is 11.7 Å². The van der Waals surface area contributed by atoms with Crippen molar-refractivity contribution in [1.29, 1.82) is 0 Å². The van der Waals surface area contributed by atoms with Gasteiger partial charge in [0.1, 0.15) is 12.0 Å². The maximum atomic E-state index is 15.3. The summed E-state index contributed by atoms with van der Waals surface area (Å²) in [5, 5.41) is 6.49. The Balaban J connectivity index is 1.11. The van der Waals surface area contributed by atoms with E-state index >= 15 is 4.39 Å². The van der Waals surface area contributed by atoms with Gasteiger partial charge in [-0.25, -0.2) is 13.8 Å². The summed E-state index contributed by atoms with van der Waals surface area (Å²) in [4.78, 5) is 20.2. The minimum absolute atomic E-state index is 0.0919. The van der Waals surface area contributed by atoms with Gasteiger partial charge in [-0.05, 0) is 99.8 Å². The molecule has 7 nitrogen and oxygen atoms in total. The quantitative estimate of drug-likeness (QED) is 0.266. The van der Waals surface area contributed by atoms with Gasteiger partial charge in [0.15, 0.2) is 0 Å². The van der Waals surface area contributed by atoms with E-state index in [1.807, 2.05) is 40.9 Å². The molecule has 0 radical (unpaired) electrons. The molecule has 3 aliphatic rings. The Morgan fingerprint density at radius 3 is 2.66 bits per heavy atom. The second kappa shape index (κ2) is 11.2. The molecule has 7 rings (SSSR count). The van der Waals surface area contributed by atoms with Crippen molar-refractivity contribution in [3.63, 3.8) is 0 Å². The van der Waals surface area contributed by atoms with Crippen LogP contribution in [-0.2, 0) is 6.54 Å². The molecule has 4 heterocycles. The summed E-state index contributed by atoms with van der Waals surface area (Å²) in [7, 11) is 0. The number of likely N-dealkylation sites (tertiary alicyclic amines) is 1. The summed E-state index contributed by atoms with van der Waals surface area (Å²) in [5.74, 6) is 1.04. The number of benzene rings is 2. The molecule has 2 aromatic carbocycles. The molecule has 41 heavy (non-hydrogen) atoms. The molecule has 1 unspecified atom stereocenters. The SMILES string of the molecule is O=C(NCCCN1CCC(F)CC1)c1ccc2c(c1)n(CC1CC1)c1nc(-c3ccc(C4CCCN4)cc3F)cn21. The van der Waals surface area contributed by atoms with Gasteiger partial charge in [0.2, 0.25) is 5.78 Å². The van der Waals surface area contributed by atoms with Gasteiger partial charge in [-0.3, -0.25) is 9.20 Å². The number of piperidine rings is 1. The fourth-order valence-electron chi connectivity index (χ4n) is 6.46. The van der Waals surface area contributed by atoms with Gasteiger partial charge >= 0.3 is 0 Å². The number of carbonyl (C=O) groups is 1. The van der Waals surface area contributed by atoms with Crippen LogP contribution in [0.25, 0.3) is 28.1 Å². The van der Waals surface area contributed by atoms with Gasteiger partial charge in [-0.2, -0.15) is 0 Å². The normalized spacial score (nSPS) is 20.4. The summed E-state index contributed by atoms with van der Waals surface area (Å²) in [6.45, 7) is 4.86. The highest BCUT2D eigenvalue weighted by Gasteiger charge is 2.26. The van der Waals surface area contributed by atoms with Crippen LogP contribution in [0.1, 0.15) is 66.9 Å². The van der Waals surface area contributed by atoms with E-state index in [9.17, 15) is 9.18 Å². The number of rotatable bonds is 9. The smallest absolute Gasteiger partial charge is 0.251 e. The van der Waals surface area contributed by atoms with Gasteiger partial charge in [0, 0.05) is 49.5 Å². The number of fused-ring (bicyclic) bond motifs is 3. The molecule has 0 spiro atoms. The topological polar surface area (TPSA) is 66.6 Å². The van der Waals surface area contributed by atoms with Crippen molar-refractivity contribution < 1.29 is 13.6 Å². The molecule has 9 heteroatoms. The predicted molar refractivity (Wildman–Crippen MR) is 156 cm³/mol. The molecular formula is C32H38F2N6O. The molecule has 4 aromatic rings. The average molecular weight is 561 g/mol. The van der Waals surface area contributed by atoms with Crippen molar-refractivity contribution in [2.24, 2.45) is 5.92 Å². The van der Waals surface area contributed by atoms with Crippen LogP contribution in [0.4, 0.5) is 8.78 Å². The number of aromatic nitrogens is 3. The third-order valence-corrected chi connectivity index (χ3v) is 9.04. The molecule has 1 atom stereocenters. The molecule has 2 aromatic heterocycles. The van der Waals surface area contributed by atoms with E-state index in [4.69, 9.17) is 4.98 Å². The molecular weight excluding hydrogens is 522 g/mol. The molecule has 2 aliphatic heterocycles. The van der Waals surface area contributed by atoms with Crippen LogP contribution in [0.15, 0.2) is 42.6 Å². The average Bonchev–Trinajstić information content (AvgIpc) is 3.34. The van der Waals surface area contributed by atoms with Crippen LogP contribution in [0.5, 0.6) is 0 Å². The van der Waals surface area contributed by atoms with Crippen molar-refractivity contribution in [3.8, 4) is 11.3 Å². The molecule has 2 N–H and O–H groups in total. The van der Waals surface area contributed by atoms with Crippen molar-refractivity contribution in [1.82, 2.24) is 29.5 Å². The van der Waals surface area contributed by atoms with Crippen molar-refractivity contribution in [3.05, 3.63) is 59.5 Å². The van der Waals surface area contributed by atoms with Crippen molar-refractivity contribution in [2.75, 3.05) is 32.7 Å². The summed E-state index contributed by atoms with van der Waals surface area (Å²) in [6.07, 6.45) is 7.83. The van der Waals surface area contributed by atoms with Gasteiger partial charge in [0.05, 0.1) is 16.7 Å². The highest BCUT2D eigenvalue weighted by Crippen LogP contribution is 2.35.